The van der Waals surface area contributed by atoms with E-state index in [1.165, 1.54) is 13.2 Å². The van der Waals surface area contributed by atoms with Gasteiger partial charge in [-0.05, 0) is 41.3 Å². The third-order valence-electron chi connectivity index (χ3n) is 4.91. The molecule has 0 unspecified atom stereocenters. The molecule has 0 fully saturated rings. The zero-order valence-corrected chi connectivity index (χ0v) is 19.3. The summed E-state index contributed by atoms with van der Waals surface area (Å²) < 4.78 is 11.0. The second-order valence-corrected chi connectivity index (χ2v) is 7.70. The van der Waals surface area contributed by atoms with Crippen molar-refractivity contribution >= 4 is 29.4 Å². The Kier molecular flexibility index (Phi) is 7.82. The highest BCUT2D eigenvalue weighted by molar-refractivity contribution is 5.92. The third-order valence-corrected chi connectivity index (χ3v) is 4.91. The van der Waals surface area contributed by atoms with E-state index in [0.717, 1.165) is 11.3 Å². The number of carbonyl (C=O) groups is 1. The van der Waals surface area contributed by atoms with Crippen molar-refractivity contribution in [3.8, 4) is 17.4 Å². The first-order valence-electron chi connectivity index (χ1n) is 10.5. The summed E-state index contributed by atoms with van der Waals surface area (Å²) in [4.78, 5) is 39.8. The van der Waals surface area contributed by atoms with Crippen LogP contribution in [0.15, 0.2) is 47.3 Å². The Morgan fingerprint density at radius 3 is 2.63 bits per heavy atom. The largest absolute Gasteiger partial charge is 0.493 e. The van der Waals surface area contributed by atoms with Crippen molar-refractivity contribution in [2.75, 3.05) is 19.0 Å². The van der Waals surface area contributed by atoms with Gasteiger partial charge in [0.05, 0.1) is 12.0 Å². The summed E-state index contributed by atoms with van der Waals surface area (Å²) in [6, 6.07) is 12.5. The van der Waals surface area contributed by atoms with Gasteiger partial charge in [0.25, 0.3) is 11.8 Å². The second-order valence-electron chi connectivity index (χ2n) is 7.70. The molecule has 3 N–H and O–H groups in total. The molecule has 1 amide bonds. The van der Waals surface area contributed by atoms with Crippen molar-refractivity contribution in [1.82, 2.24) is 9.97 Å². The van der Waals surface area contributed by atoms with Gasteiger partial charge in [-0.2, -0.15) is 4.98 Å². The Morgan fingerprint density at radius 1 is 1.23 bits per heavy atom. The van der Waals surface area contributed by atoms with Crippen LogP contribution in [0.4, 0.5) is 11.4 Å². The van der Waals surface area contributed by atoms with Crippen LogP contribution < -0.4 is 20.3 Å². The Labute approximate surface area is 200 Å². The molecular formula is C24H24N4O7. The summed E-state index contributed by atoms with van der Waals surface area (Å²) >= 11 is 0. The number of nitrogens with one attached hydrogen (secondary N) is 2. The molecule has 182 valence electrons. The first kappa shape index (κ1) is 25.0. The number of ether oxygens (including phenoxy) is 2. The Hall–Kier alpha value is -4.67. The summed E-state index contributed by atoms with van der Waals surface area (Å²) in [5.41, 5.74) is 0.268. The number of benzene rings is 2. The molecule has 0 radical (unpaired) electrons. The standard InChI is InChI=1S/C24H24N4O7/c1-14(2)16-6-4-5-7-17(16)25-21(29)13-35-18-10-8-15(12-19(18)34-3)9-11-20-26-23(30)22(28(32)33)24(31)27-20/h4-12,14H,13H2,1-3H3,(H,25,29)(H2,26,27,30,31)/b11-9+. The molecule has 0 saturated heterocycles. The molecule has 0 bridgehead atoms. The highest BCUT2D eigenvalue weighted by Crippen LogP contribution is 2.29. The molecule has 11 nitrogen and oxygen atoms in total. The molecule has 0 aliphatic rings. The van der Waals surface area contributed by atoms with E-state index in [0.29, 0.717) is 17.1 Å². The normalized spacial score (nSPS) is 11.0. The quantitative estimate of drug-likeness (QED) is 0.309. The monoisotopic (exact) mass is 480 g/mol. The number of aromatic amines is 1. The lowest BCUT2D eigenvalue weighted by Crippen LogP contribution is -2.21. The number of aromatic hydroxyl groups is 1. The highest BCUT2D eigenvalue weighted by Gasteiger charge is 2.21. The van der Waals surface area contributed by atoms with Gasteiger partial charge in [-0.15, -0.1) is 0 Å². The summed E-state index contributed by atoms with van der Waals surface area (Å²) in [6.07, 6.45) is 2.91. The predicted octanol–water partition coefficient (Wildman–Crippen LogP) is 3.70. The first-order chi connectivity index (χ1) is 16.7. The first-order valence-corrected chi connectivity index (χ1v) is 10.5. The number of hydrogen-bond donors (Lipinski definition) is 3. The van der Waals surface area contributed by atoms with Crippen LogP contribution in [0, 0.1) is 10.1 Å². The lowest BCUT2D eigenvalue weighted by molar-refractivity contribution is -0.387. The van der Waals surface area contributed by atoms with Gasteiger partial charge in [-0.3, -0.25) is 19.7 Å². The summed E-state index contributed by atoms with van der Waals surface area (Å²) in [5, 5.41) is 23.3. The van der Waals surface area contributed by atoms with Crippen LogP contribution >= 0.6 is 0 Å². The average molecular weight is 480 g/mol. The molecule has 35 heavy (non-hydrogen) atoms. The zero-order chi connectivity index (χ0) is 25.5. The molecule has 0 atom stereocenters. The van der Waals surface area contributed by atoms with Crippen molar-refractivity contribution < 1.29 is 24.3 Å². The number of nitrogens with zero attached hydrogens (tertiary/aromatic N) is 2. The number of H-pyrrole nitrogens is 1. The Morgan fingerprint density at radius 2 is 1.97 bits per heavy atom. The van der Waals surface area contributed by atoms with Gasteiger partial charge >= 0.3 is 11.2 Å². The van der Waals surface area contributed by atoms with Crippen molar-refractivity contribution in [1.29, 1.82) is 0 Å². The van der Waals surface area contributed by atoms with Gasteiger partial charge in [0.1, 0.15) is 5.82 Å². The SMILES string of the molecule is COc1cc(/C=C/c2nc(O)c([N+](=O)[O-])c(=O)[nH]2)ccc1OCC(=O)Nc1ccccc1C(C)C. The topological polar surface area (TPSA) is 157 Å². The van der Waals surface area contributed by atoms with E-state index in [1.807, 2.05) is 38.1 Å². The maximum Gasteiger partial charge on any atom is 0.395 e. The van der Waals surface area contributed by atoms with Crippen LogP contribution in [0.25, 0.3) is 12.2 Å². The van der Waals surface area contributed by atoms with Crippen LogP contribution in [-0.4, -0.2) is 39.6 Å². The Balaban J connectivity index is 1.69. The molecule has 0 saturated carbocycles. The maximum absolute atomic E-state index is 12.4. The zero-order valence-electron chi connectivity index (χ0n) is 19.3. The van der Waals surface area contributed by atoms with Crippen molar-refractivity contribution in [3.05, 3.63) is 79.9 Å². The molecule has 0 aliphatic carbocycles. The minimum absolute atomic E-state index is 0.0734. The van der Waals surface area contributed by atoms with E-state index in [-0.39, 0.29) is 24.3 Å². The van der Waals surface area contributed by atoms with Crippen LogP contribution in [-0.2, 0) is 4.79 Å². The van der Waals surface area contributed by atoms with Crippen LogP contribution in [0.5, 0.6) is 17.4 Å². The summed E-state index contributed by atoms with van der Waals surface area (Å²) in [5.74, 6) is -0.426. The number of hydrogen-bond acceptors (Lipinski definition) is 8. The van der Waals surface area contributed by atoms with Gasteiger partial charge in [0, 0.05) is 5.69 Å². The smallest absolute Gasteiger partial charge is 0.395 e. The number of rotatable bonds is 9. The fraction of sp³-hybridized carbons (Fsp3) is 0.208. The number of aromatic nitrogens is 2. The molecule has 3 aromatic rings. The number of anilines is 1. The number of carbonyl (C=O) groups excluding carboxylic acids is 1. The van der Waals surface area contributed by atoms with Gasteiger partial charge < -0.3 is 24.9 Å². The molecule has 3 rings (SSSR count). The van der Waals surface area contributed by atoms with Gasteiger partial charge in [0.2, 0.25) is 0 Å². The number of amides is 1. The van der Waals surface area contributed by atoms with Gasteiger partial charge in [-0.1, -0.05) is 44.2 Å². The molecule has 2 aromatic carbocycles. The molecule has 0 aliphatic heterocycles. The van der Waals surface area contributed by atoms with Gasteiger partial charge in [-0.25, -0.2) is 0 Å². The minimum atomic E-state index is -1.07. The van der Waals surface area contributed by atoms with Crippen molar-refractivity contribution in [3.63, 3.8) is 0 Å². The van der Waals surface area contributed by atoms with Crippen molar-refractivity contribution in [2.45, 2.75) is 19.8 Å². The number of methoxy groups -OCH3 is 1. The summed E-state index contributed by atoms with van der Waals surface area (Å²) in [6.45, 7) is 3.85. The fourth-order valence-corrected chi connectivity index (χ4v) is 3.24. The Bertz CT molecular complexity index is 1330. The lowest BCUT2D eigenvalue weighted by Gasteiger charge is -2.15. The van der Waals surface area contributed by atoms with E-state index in [4.69, 9.17) is 9.47 Å². The van der Waals surface area contributed by atoms with Crippen LogP contribution in [0.2, 0.25) is 0 Å². The van der Waals surface area contributed by atoms with Gasteiger partial charge in [0.15, 0.2) is 18.1 Å². The molecule has 11 heteroatoms. The predicted molar refractivity (Wildman–Crippen MR) is 130 cm³/mol. The van der Waals surface area contributed by atoms with E-state index < -0.39 is 22.0 Å². The molecule has 0 spiro atoms. The van der Waals surface area contributed by atoms with E-state index in [2.05, 4.69) is 15.3 Å². The van der Waals surface area contributed by atoms with E-state index >= 15 is 0 Å². The third kappa shape index (κ3) is 6.22. The maximum atomic E-state index is 12.4. The number of nitro groups is 1. The fourth-order valence-electron chi connectivity index (χ4n) is 3.24. The second kappa shape index (κ2) is 11.0. The highest BCUT2D eigenvalue weighted by atomic mass is 16.6. The average Bonchev–Trinajstić information content (AvgIpc) is 2.81. The van der Waals surface area contributed by atoms with Crippen LogP contribution in [0.3, 0.4) is 0 Å². The molecule has 1 aromatic heterocycles. The van der Waals surface area contributed by atoms with E-state index in [1.54, 1.807) is 24.3 Å². The van der Waals surface area contributed by atoms with Crippen molar-refractivity contribution in [2.24, 2.45) is 0 Å². The van der Waals surface area contributed by atoms with Crippen LogP contribution in [0.1, 0.15) is 36.7 Å². The van der Waals surface area contributed by atoms with E-state index in [9.17, 15) is 24.8 Å². The molecule has 1 heterocycles. The lowest BCUT2D eigenvalue weighted by atomic mass is 10.0. The summed E-state index contributed by atoms with van der Waals surface area (Å²) in [7, 11) is 1.45. The minimum Gasteiger partial charge on any atom is -0.493 e. The molecular weight excluding hydrogens is 456 g/mol. The number of para-hydroxylation sites is 1.